The molecular weight excluding hydrogens is 336 g/mol. The van der Waals surface area contributed by atoms with Crippen molar-refractivity contribution in [2.75, 3.05) is 17.2 Å². The van der Waals surface area contributed by atoms with Crippen LogP contribution in [0.4, 0.5) is 5.69 Å². The van der Waals surface area contributed by atoms with Gasteiger partial charge in [-0.2, -0.15) is 0 Å². The van der Waals surface area contributed by atoms with Crippen LogP contribution in [0.2, 0.25) is 0 Å². The van der Waals surface area contributed by atoms with Crippen molar-refractivity contribution in [1.82, 2.24) is 0 Å². The molecule has 1 atom stereocenters. The number of anilines is 1. The number of halogens is 1. The predicted molar refractivity (Wildman–Crippen MR) is 74.2 cm³/mol. The number of carbonyl (C=O) groups excluding carboxylic acids is 1. The third kappa shape index (κ3) is 3.46. The zero-order valence-electron chi connectivity index (χ0n) is 9.91. The summed E-state index contributed by atoms with van der Waals surface area (Å²) in [6.07, 6.45) is 0.137. The molecule has 1 unspecified atom stereocenters. The standard InChI is InChI=1S/C11H13BrN2O4S/c12-9-2-1-8(15)4-10(9)14-5-7(3-11(14)16)6-19(13,17)18/h1-2,4,7,15H,3,5-6H2,(H2,13,17,18). The van der Waals surface area contributed by atoms with Gasteiger partial charge in [0.15, 0.2) is 0 Å². The fourth-order valence-electron chi connectivity index (χ4n) is 2.16. The zero-order chi connectivity index (χ0) is 14.2. The van der Waals surface area contributed by atoms with Gasteiger partial charge in [0.1, 0.15) is 5.75 Å². The van der Waals surface area contributed by atoms with Gasteiger partial charge < -0.3 is 10.0 Å². The van der Waals surface area contributed by atoms with Crippen LogP contribution in [0.1, 0.15) is 6.42 Å². The highest BCUT2D eigenvalue weighted by atomic mass is 79.9. The quantitative estimate of drug-likeness (QED) is 0.843. The van der Waals surface area contributed by atoms with Crippen LogP contribution in [0.15, 0.2) is 22.7 Å². The number of benzene rings is 1. The van der Waals surface area contributed by atoms with Gasteiger partial charge in [0.25, 0.3) is 0 Å². The average molecular weight is 349 g/mol. The molecule has 6 nitrogen and oxygen atoms in total. The zero-order valence-corrected chi connectivity index (χ0v) is 12.3. The van der Waals surface area contributed by atoms with Crippen LogP contribution in [0.5, 0.6) is 5.75 Å². The van der Waals surface area contributed by atoms with Crippen LogP contribution in [-0.2, 0) is 14.8 Å². The minimum atomic E-state index is -3.59. The van der Waals surface area contributed by atoms with Crippen LogP contribution in [-0.4, -0.2) is 31.7 Å². The van der Waals surface area contributed by atoms with E-state index < -0.39 is 10.0 Å². The number of nitrogens with zero attached hydrogens (tertiary/aromatic N) is 1. The Labute approximate surface area is 119 Å². The van der Waals surface area contributed by atoms with Crippen molar-refractivity contribution in [3.8, 4) is 5.75 Å². The molecule has 1 fully saturated rings. The van der Waals surface area contributed by atoms with Crippen LogP contribution in [0, 0.1) is 5.92 Å². The van der Waals surface area contributed by atoms with Gasteiger partial charge in [0, 0.05) is 29.4 Å². The minimum absolute atomic E-state index is 0.0425. The number of nitrogens with two attached hydrogens (primary N) is 1. The summed E-state index contributed by atoms with van der Waals surface area (Å²) in [7, 11) is -3.59. The molecule has 0 saturated carbocycles. The number of amides is 1. The minimum Gasteiger partial charge on any atom is -0.508 e. The van der Waals surface area contributed by atoms with Crippen LogP contribution >= 0.6 is 15.9 Å². The third-order valence-corrected chi connectivity index (χ3v) is 4.50. The lowest BCUT2D eigenvalue weighted by molar-refractivity contribution is -0.117. The molecule has 1 heterocycles. The van der Waals surface area contributed by atoms with E-state index in [1.165, 1.54) is 17.0 Å². The molecule has 104 valence electrons. The second kappa shape index (κ2) is 5.10. The normalized spacial score (nSPS) is 20.0. The highest BCUT2D eigenvalue weighted by Gasteiger charge is 2.33. The second-order valence-electron chi connectivity index (χ2n) is 4.54. The van der Waals surface area contributed by atoms with E-state index in [0.717, 1.165) is 0 Å². The van der Waals surface area contributed by atoms with Gasteiger partial charge in [0.2, 0.25) is 15.9 Å². The van der Waals surface area contributed by atoms with Gasteiger partial charge in [0.05, 0.1) is 11.4 Å². The Morgan fingerprint density at radius 3 is 2.79 bits per heavy atom. The number of hydrogen-bond acceptors (Lipinski definition) is 4. The fourth-order valence-corrected chi connectivity index (χ4v) is 3.50. The summed E-state index contributed by atoms with van der Waals surface area (Å²) >= 11 is 3.30. The first-order valence-electron chi connectivity index (χ1n) is 5.55. The lowest BCUT2D eigenvalue weighted by Crippen LogP contribution is -2.27. The van der Waals surface area contributed by atoms with Crippen molar-refractivity contribution in [1.29, 1.82) is 0 Å². The van der Waals surface area contributed by atoms with E-state index in [2.05, 4.69) is 15.9 Å². The average Bonchev–Trinajstić information content (AvgIpc) is 2.60. The number of sulfonamides is 1. The largest absolute Gasteiger partial charge is 0.508 e. The summed E-state index contributed by atoms with van der Waals surface area (Å²) in [5, 5.41) is 14.5. The second-order valence-corrected chi connectivity index (χ2v) is 7.05. The van der Waals surface area contributed by atoms with E-state index in [1.54, 1.807) is 6.07 Å². The molecule has 1 aromatic rings. The molecule has 2 rings (SSSR count). The summed E-state index contributed by atoms with van der Waals surface area (Å²) in [6, 6.07) is 4.59. The molecule has 0 radical (unpaired) electrons. The number of aromatic hydroxyl groups is 1. The first-order chi connectivity index (χ1) is 8.76. The Bertz CT molecular complexity index is 617. The number of phenolic OH excluding ortho intramolecular Hbond substituents is 1. The van der Waals surface area contributed by atoms with Crippen molar-refractivity contribution in [3.63, 3.8) is 0 Å². The highest BCUT2D eigenvalue weighted by molar-refractivity contribution is 9.10. The molecule has 0 spiro atoms. The predicted octanol–water partition coefficient (Wildman–Crippen LogP) is 0.796. The number of primary sulfonamides is 1. The summed E-state index contributed by atoms with van der Waals surface area (Å²) in [5.41, 5.74) is 0.530. The molecule has 1 amide bonds. The molecule has 0 aromatic heterocycles. The highest BCUT2D eigenvalue weighted by Crippen LogP contribution is 2.34. The molecule has 1 aliphatic heterocycles. The van der Waals surface area contributed by atoms with Crippen molar-refractivity contribution >= 4 is 37.5 Å². The lowest BCUT2D eigenvalue weighted by atomic mass is 10.1. The summed E-state index contributed by atoms with van der Waals surface area (Å²) < 4.78 is 22.8. The van der Waals surface area contributed by atoms with Crippen molar-refractivity contribution < 1.29 is 18.3 Å². The monoisotopic (exact) mass is 348 g/mol. The molecule has 1 aliphatic rings. The van der Waals surface area contributed by atoms with Crippen molar-refractivity contribution in [2.24, 2.45) is 11.1 Å². The third-order valence-electron chi connectivity index (χ3n) is 2.89. The summed E-state index contributed by atoms with van der Waals surface area (Å²) in [4.78, 5) is 13.4. The van der Waals surface area contributed by atoms with Crippen molar-refractivity contribution in [3.05, 3.63) is 22.7 Å². The number of rotatable bonds is 3. The molecule has 1 aromatic carbocycles. The number of hydrogen-bond donors (Lipinski definition) is 2. The fraction of sp³-hybridized carbons (Fsp3) is 0.364. The maximum absolute atomic E-state index is 11.9. The molecule has 1 saturated heterocycles. The SMILES string of the molecule is NS(=O)(=O)CC1CC(=O)N(c2cc(O)ccc2Br)C1. The maximum Gasteiger partial charge on any atom is 0.227 e. The van der Waals surface area contributed by atoms with Gasteiger partial charge in [-0.15, -0.1) is 0 Å². The first kappa shape index (κ1) is 14.3. The molecule has 0 aliphatic carbocycles. The van der Waals surface area contributed by atoms with Crippen LogP contribution < -0.4 is 10.0 Å². The van der Waals surface area contributed by atoms with E-state index in [9.17, 15) is 18.3 Å². The number of phenols is 1. The molecule has 0 bridgehead atoms. The van der Waals surface area contributed by atoms with E-state index in [4.69, 9.17) is 5.14 Å². The Kier molecular flexibility index (Phi) is 3.84. The molecule has 19 heavy (non-hydrogen) atoms. The van der Waals surface area contributed by atoms with E-state index in [1.807, 2.05) is 0 Å². The van der Waals surface area contributed by atoms with E-state index >= 15 is 0 Å². The molecule has 3 N–H and O–H groups in total. The molecule has 8 heteroatoms. The topological polar surface area (TPSA) is 101 Å². The van der Waals surface area contributed by atoms with Crippen molar-refractivity contribution in [2.45, 2.75) is 6.42 Å². The summed E-state index contributed by atoms with van der Waals surface area (Å²) in [6.45, 7) is 0.275. The first-order valence-corrected chi connectivity index (χ1v) is 8.06. The van der Waals surface area contributed by atoms with Gasteiger partial charge in [-0.05, 0) is 28.1 Å². The lowest BCUT2D eigenvalue weighted by Gasteiger charge is -2.18. The maximum atomic E-state index is 11.9. The van der Waals surface area contributed by atoms with Gasteiger partial charge in [-0.1, -0.05) is 0 Å². The summed E-state index contributed by atoms with van der Waals surface area (Å²) in [5.74, 6) is -0.677. The smallest absolute Gasteiger partial charge is 0.227 e. The van der Waals surface area contributed by atoms with E-state index in [-0.39, 0.29) is 36.3 Å². The van der Waals surface area contributed by atoms with Gasteiger partial charge in [-0.25, -0.2) is 13.6 Å². The molecular formula is C11H13BrN2O4S. The van der Waals surface area contributed by atoms with Crippen LogP contribution in [0.25, 0.3) is 0 Å². The Balaban J connectivity index is 2.23. The Morgan fingerprint density at radius 2 is 2.16 bits per heavy atom. The van der Waals surface area contributed by atoms with Gasteiger partial charge >= 0.3 is 0 Å². The van der Waals surface area contributed by atoms with E-state index in [0.29, 0.717) is 10.2 Å². The number of carbonyl (C=O) groups is 1. The van der Waals surface area contributed by atoms with Crippen LogP contribution in [0.3, 0.4) is 0 Å². The Hall–Kier alpha value is -1.12. The Morgan fingerprint density at radius 1 is 1.47 bits per heavy atom. The van der Waals surface area contributed by atoms with Gasteiger partial charge in [-0.3, -0.25) is 4.79 Å².